The van der Waals surface area contributed by atoms with Crippen molar-refractivity contribution < 1.29 is 9.53 Å². The number of carbonyl (C=O) groups is 1. The van der Waals surface area contributed by atoms with Crippen molar-refractivity contribution in [1.82, 2.24) is 9.88 Å². The Morgan fingerprint density at radius 1 is 1.25 bits per heavy atom. The minimum Gasteiger partial charge on any atom is -0.490 e. The molecule has 2 atom stereocenters. The van der Waals surface area contributed by atoms with Crippen LogP contribution in [0.4, 0.5) is 0 Å². The molecule has 0 aliphatic heterocycles. The number of rotatable bonds is 7. The van der Waals surface area contributed by atoms with E-state index >= 15 is 0 Å². The molecular weight excluding hydrogens is 348 g/mol. The second kappa shape index (κ2) is 9.54. The van der Waals surface area contributed by atoms with Gasteiger partial charge in [0.05, 0.1) is 6.10 Å². The number of hydrogen-bond acceptors (Lipinski definition) is 3. The average molecular weight is 379 g/mol. The standard InChI is InChI=1S/C24H30N2O2/c1-18-6-4-8-23(14-18)28-24-9-5-7-22(15-24)19(2)16-26(20(3)27)17-21-10-12-25-13-11-21/h4,6,8,10-14,22,24H,2,5,7,9,15-17H2,1,3H3/t22-,24+/m0/s1. The zero-order valence-electron chi connectivity index (χ0n) is 16.9. The molecule has 0 radical (unpaired) electrons. The van der Waals surface area contributed by atoms with Crippen LogP contribution in [0.3, 0.4) is 0 Å². The Morgan fingerprint density at radius 3 is 2.75 bits per heavy atom. The fourth-order valence-electron chi connectivity index (χ4n) is 3.87. The van der Waals surface area contributed by atoms with Gasteiger partial charge in [-0.25, -0.2) is 0 Å². The maximum atomic E-state index is 12.1. The van der Waals surface area contributed by atoms with E-state index < -0.39 is 0 Å². The summed E-state index contributed by atoms with van der Waals surface area (Å²) in [4.78, 5) is 18.1. The molecule has 1 aromatic heterocycles. The molecule has 148 valence electrons. The molecule has 0 saturated heterocycles. The second-order valence-electron chi connectivity index (χ2n) is 7.81. The number of carbonyl (C=O) groups excluding carboxylic acids is 1. The van der Waals surface area contributed by atoms with E-state index in [0.717, 1.165) is 42.6 Å². The van der Waals surface area contributed by atoms with Crippen LogP contribution in [0.2, 0.25) is 0 Å². The first-order valence-electron chi connectivity index (χ1n) is 10.1. The minimum atomic E-state index is 0.0707. The van der Waals surface area contributed by atoms with Gasteiger partial charge in [-0.3, -0.25) is 9.78 Å². The highest BCUT2D eigenvalue weighted by molar-refractivity contribution is 5.73. The summed E-state index contributed by atoms with van der Waals surface area (Å²) in [5.41, 5.74) is 3.42. The highest BCUT2D eigenvalue weighted by Gasteiger charge is 2.26. The van der Waals surface area contributed by atoms with Gasteiger partial charge in [-0.2, -0.15) is 0 Å². The zero-order valence-corrected chi connectivity index (χ0v) is 16.9. The summed E-state index contributed by atoms with van der Waals surface area (Å²) in [6.07, 6.45) is 8.02. The topological polar surface area (TPSA) is 42.4 Å². The molecule has 1 aliphatic carbocycles. The van der Waals surface area contributed by atoms with Gasteiger partial charge in [0, 0.05) is 32.4 Å². The van der Waals surface area contributed by atoms with Crippen LogP contribution >= 0.6 is 0 Å². The normalized spacial score (nSPS) is 19.1. The van der Waals surface area contributed by atoms with Crippen molar-refractivity contribution in [2.24, 2.45) is 5.92 Å². The highest BCUT2D eigenvalue weighted by Crippen LogP contribution is 2.32. The van der Waals surface area contributed by atoms with Crippen molar-refractivity contribution in [3.05, 3.63) is 72.1 Å². The van der Waals surface area contributed by atoms with Gasteiger partial charge in [0.1, 0.15) is 5.75 Å². The van der Waals surface area contributed by atoms with Crippen LogP contribution in [0.25, 0.3) is 0 Å². The summed E-state index contributed by atoms with van der Waals surface area (Å²) >= 11 is 0. The minimum absolute atomic E-state index is 0.0707. The Balaban J connectivity index is 1.58. The molecule has 0 N–H and O–H groups in total. The van der Waals surface area contributed by atoms with E-state index in [4.69, 9.17) is 4.74 Å². The number of aryl methyl sites for hydroxylation is 1. The van der Waals surface area contributed by atoms with Gasteiger partial charge < -0.3 is 9.64 Å². The molecule has 2 aromatic rings. The second-order valence-corrected chi connectivity index (χ2v) is 7.81. The fourth-order valence-corrected chi connectivity index (χ4v) is 3.87. The van der Waals surface area contributed by atoms with Crippen LogP contribution in [0.5, 0.6) is 5.75 Å². The molecule has 0 unspecified atom stereocenters. The largest absolute Gasteiger partial charge is 0.490 e. The molecule has 3 rings (SSSR count). The summed E-state index contributed by atoms with van der Waals surface area (Å²) in [6, 6.07) is 12.1. The predicted molar refractivity (Wildman–Crippen MR) is 112 cm³/mol. The number of pyridine rings is 1. The molecule has 4 nitrogen and oxygen atoms in total. The molecule has 0 bridgehead atoms. The number of benzene rings is 1. The van der Waals surface area contributed by atoms with E-state index in [-0.39, 0.29) is 12.0 Å². The first-order chi connectivity index (χ1) is 13.5. The number of amides is 1. The monoisotopic (exact) mass is 378 g/mol. The average Bonchev–Trinajstić information content (AvgIpc) is 2.68. The first-order valence-corrected chi connectivity index (χ1v) is 10.1. The van der Waals surface area contributed by atoms with E-state index in [2.05, 4.69) is 30.6 Å². The number of ether oxygens (including phenoxy) is 1. The number of nitrogens with zero attached hydrogens (tertiary/aromatic N) is 2. The van der Waals surface area contributed by atoms with Gasteiger partial charge in [0.15, 0.2) is 0 Å². The molecule has 1 heterocycles. The Labute approximate surface area is 168 Å². The van der Waals surface area contributed by atoms with Gasteiger partial charge in [-0.05, 0) is 73.9 Å². The van der Waals surface area contributed by atoms with E-state index in [1.165, 1.54) is 5.56 Å². The summed E-state index contributed by atoms with van der Waals surface area (Å²) in [6.45, 7) is 9.23. The molecule has 1 amide bonds. The first kappa shape index (κ1) is 20.1. The van der Waals surface area contributed by atoms with E-state index in [0.29, 0.717) is 19.0 Å². The van der Waals surface area contributed by atoms with Crippen molar-refractivity contribution in [3.8, 4) is 5.75 Å². The Kier molecular flexibility index (Phi) is 6.85. The van der Waals surface area contributed by atoms with Crippen LogP contribution in [0.15, 0.2) is 60.9 Å². The van der Waals surface area contributed by atoms with Crippen molar-refractivity contribution in [1.29, 1.82) is 0 Å². The van der Waals surface area contributed by atoms with Crippen LogP contribution in [0.1, 0.15) is 43.7 Å². The van der Waals surface area contributed by atoms with Gasteiger partial charge in [-0.1, -0.05) is 24.3 Å². The van der Waals surface area contributed by atoms with Crippen molar-refractivity contribution >= 4 is 5.91 Å². The van der Waals surface area contributed by atoms with Gasteiger partial charge in [0.25, 0.3) is 0 Å². The van der Waals surface area contributed by atoms with E-state index in [1.54, 1.807) is 19.3 Å². The molecule has 1 aliphatic rings. The number of aromatic nitrogens is 1. The third-order valence-corrected chi connectivity index (χ3v) is 5.46. The lowest BCUT2D eigenvalue weighted by molar-refractivity contribution is -0.129. The highest BCUT2D eigenvalue weighted by atomic mass is 16.5. The van der Waals surface area contributed by atoms with Crippen molar-refractivity contribution in [3.63, 3.8) is 0 Å². The SMILES string of the molecule is C=C(CN(Cc1ccncc1)C(C)=O)[C@H]1CCC[C@@H](Oc2cccc(C)c2)C1. The number of hydrogen-bond donors (Lipinski definition) is 0. The quantitative estimate of drug-likeness (QED) is 0.642. The maximum absolute atomic E-state index is 12.1. The van der Waals surface area contributed by atoms with Crippen LogP contribution < -0.4 is 4.74 Å². The third kappa shape index (κ3) is 5.69. The molecular formula is C24H30N2O2. The Bertz CT molecular complexity index is 803. The van der Waals surface area contributed by atoms with E-state index in [1.807, 2.05) is 29.2 Å². The summed E-state index contributed by atoms with van der Waals surface area (Å²) < 4.78 is 6.24. The molecule has 4 heteroatoms. The van der Waals surface area contributed by atoms with Gasteiger partial charge in [-0.15, -0.1) is 0 Å². The predicted octanol–water partition coefficient (Wildman–Crippen LogP) is 4.93. The van der Waals surface area contributed by atoms with Gasteiger partial charge in [0.2, 0.25) is 5.91 Å². The van der Waals surface area contributed by atoms with Crippen LogP contribution in [-0.2, 0) is 11.3 Å². The molecule has 1 fully saturated rings. The lowest BCUT2D eigenvalue weighted by Crippen LogP contribution is -2.34. The van der Waals surface area contributed by atoms with Crippen molar-refractivity contribution in [2.45, 2.75) is 52.2 Å². The smallest absolute Gasteiger partial charge is 0.220 e. The third-order valence-electron chi connectivity index (χ3n) is 5.46. The van der Waals surface area contributed by atoms with E-state index in [9.17, 15) is 4.79 Å². The summed E-state index contributed by atoms with van der Waals surface area (Å²) in [7, 11) is 0. The van der Waals surface area contributed by atoms with Crippen molar-refractivity contribution in [2.75, 3.05) is 6.54 Å². The lowest BCUT2D eigenvalue weighted by atomic mass is 9.82. The summed E-state index contributed by atoms with van der Waals surface area (Å²) in [5.74, 6) is 1.41. The Morgan fingerprint density at radius 2 is 2.04 bits per heavy atom. The molecule has 0 spiro atoms. The van der Waals surface area contributed by atoms with Crippen LogP contribution in [0, 0.1) is 12.8 Å². The van der Waals surface area contributed by atoms with Gasteiger partial charge >= 0.3 is 0 Å². The molecule has 28 heavy (non-hydrogen) atoms. The zero-order chi connectivity index (χ0) is 19.9. The Hall–Kier alpha value is -2.62. The molecule has 1 aromatic carbocycles. The lowest BCUT2D eigenvalue weighted by Gasteiger charge is -2.33. The maximum Gasteiger partial charge on any atom is 0.220 e. The fraction of sp³-hybridized carbons (Fsp3) is 0.417. The summed E-state index contributed by atoms with van der Waals surface area (Å²) in [5, 5.41) is 0. The molecule has 1 saturated carbocycles. The van der Waals surface area contributed by atoms with Crippen LogP contribution in [-0.4, -0.2) is 28.4 Å².